The van der Waals surface area contributed by atoms with Crippen molar-refractivity contribution in [3.8, 4) is 22.6 Å². The Morgan fingerprint density at radius 2 is 1.85 bits per heavy atom. The second-order valence-electron chi connectivity index (χ2n) is 7.74. The summed E-state index contributed by atoms with van der Waals surface area (Å²) < 4.78 is 0. The molecule has 6 nitrogen and oxygen atoms in total. The van der Waals surface area contributed by atoms with Crippen molar-refractivity contribution in [1.82, 2.24) is 25.1 Å². The van der Waals surface area contributed by atoms with Crippen LogP contribution in [-0.2, 0) is 0 Å². The van der Waals surface area contributed by atoms with Crippen LogP contribution in [0, 0.1) is 0 Å². The third-order valence-electron chi connectivity index (χ3n) is 5.62. The number of H-pyrrole nitrogens is 2. The molecule has 5 aromatic rings. The monoisotopic (exact) mass is 432 g/mol. The molecule has 3 aromatic heterocycles. The third-order valence-corrected chi connectivity index (χ3v) is 5.62. The predicted octanol–water partition coefficient (Wildman–Crippen LogP) is 5.99. The van der Waals surface area contributed by atoms with Crippen LogP contribution < -0.4 is 5.73 Å². The van der Waals surface area contributed by atoms with Gasteiger partial charge in [0, 0.05) is 29.0 Å². The van der Waals surface area contributed by atoms with Gasteiger partial charge in [-0.25, -0.2) is 4.98 Å². The summed E-state index contributed by atoms with van der Waals surface area (Å²) in [5, 5.41) is 8.71. The van der Waals surface area contributed by atoms with Crippen LogP contribution in [-0.4, -0.2) is 25.1 Å². The molecule has 2 aromatic carbocycles. The SMILES string of the molecule is C/C=C/C(N)=C\C(=C/C)c1ccc2[nH]nc(-c3nc4c(-c5ccncc5)cccc4[nH]3)c2c1. The van der Waals surface area contributed by atoms with Crippen LogP contribution in [0.2, 0.25) is 0 Å². The van der Waals surface area contributed by atoms with Gasteiger partial charge in [0.2, 0.25) is 0 Å². The Morgan fingerprint density at radius 3 is 2.64 bits per heavy atom. The van der Waals surface area contributed by atoms with Gasteiger partial charge in [-0.3, -0.25) is 10.1 Å². The molecular formula is C27H24N6. The van der Waals surface area contributed by atoms with Crippen LogP contribution in [0.15, 0.2) is 90.9 Å². The van der Waals surface area contributed by atoms with E-state index in [1.807, 2.05) is 62.4 Å². The fourth-order valence-corrected chi connectivity index (χ4v) is 4.04. The number of hydrogen-bond donors (Lipinski definition) is 3. The Hall–Kier alpha value is -4.45. The van der Waals surface area contributed by atoms with Crippen molar-refractivity contribution in [3.05, 3.63) is 96.5 Å². The van der Waals surface area contributed by atoms with Crippen molar-refractivity contribution >= 4 is 27.5 Å². The molecule has 0 bridgehead atoms. The van der Waals surface area contributed by atoms with Gasteiger partial charge in [-0.2, -0.15) is 5.10 Å². The van der Waals surface area contributed by atoms with Crippen LogP contribution in [0.4, 0.5) is 0 Å². The van der Waals surface area contributed by atoms with Gasteiger partial charge in [0.1, 0.15) is 5.69 Å². The van der Waals surface area contributed by atoms with E-state index < -0.39 is 0 Å². The molecule has 0 aliphatic carbocycles. The molecule has 0 spiro atoms. The second kappa shape index (κ2) is 8.59. The van der Waals surface area contributed by atoms with E-state index in [2.05, 4.69) is 44.4 Å². The summed E-state index contributed by atoms with van der Waals surface area (Å²) in [5.74, 6) is 0.723. The van der Waals surface area contributed by atoms with E-state index in [4.69, 9.17) is 10.7 Å². The summed E-state index contributed by atoms with van der Waals surface area (Å²) in [6.07, 6.45) is 11.4. The average Bonchev–Trinajstić information content (AvgIpc) is 3.46. The third kappa shape index (κ3) is 3.83. The molecule has 33 heavy (non-hydrogen) atoms. The van der Waals surface area contributed by atoms with Crippen molar-refractivity contribution in [2.75, 3.05) is 0 Å². The molecule has 5 rings (SSSR count). The minimum Gasteiger partial charge on any atom is -0.399 e. The summed E-state index contributed by atoms with van der Waals surface area (Å²) in [6.45, 7) is 3.96. The largest absolute Gasteiger partial charge is 0.399 e. The first-order valence-electron chi connectivity index (χ1n) is 10.8. The fourth-order valence-electron chi connectivity index (χ4n) is 4.04. The zero-order valence-corrected chi connectivity index (χ0v) is 18.5. The van der Waals surface area contributed by atoms with E-state index in [-0.39, 0.29) is 0 Å². The number of para-hydroxylation sites is 1. The highest BCUT2D eigenvalue weighted by Gasteiger charge is 2.15. The average molecular weight is 433 g/mol. The lowest BCUT2D eigenvalue weighted by molar-refractivity contribution is 1.11. The molecule has 0 aliphatic rings. The number of imidazole rings is 1. The van der Waals surface area contributed by atoms with Crippen molar-refractivity contribution in [1.29, 1.82) is 0 Å². The number of hydrogen-bond acceptors (Lipinski definition) is 4. The van der Waals surface area contributed by atoms with Crippen molar-refractivity contribution in [3.63, 3.8) is 0 Å². The first kappa shape index (κ1) is 20.5. The minimum absolute atomic E-state index is 0.707. The van der Waals surface area contributed by atoms with Gasteiger partial charge in [0.05, 0.1) is 16.6 Å². The lowest BCUT2D eigenvalue weighted by Crippen LogP contribution is -1.93. The predicted molar refractivity (Wildman–Crippen MR) is 135 cm³/mol. The molecule has 0 fully saturated rings. The molecule has 0 radical (unpaired) electrons. The van der Waals surface area contributed by atoms with Crippen LogP contribution >= 0.6 is 0 Å². The smallest absolute Gasteiger partial charge is 0.159 e. The Balaban J connectivity index is 1.62. The summed E-state index contributed by atoms with van der Waals surface area (Å²) in [7, 11) is 0. The van der Waals surface area contributed by atoms with Gasteiger partial charge < -0.3 is 10.7 Å². The number of benzene rings is 2. The normalized spacial score (nSPS) is 12.9. The topological polar surface area (TPSA) is 96.3 Å². The lowest BCUT2D eigenvalue weighted by Gasteiger charge is -2.04. The van der Waals surface area contributed by atoms with E-state index in [0.29, 0.717) is 5.70 Å². The van der Waals surface area contributed by atoms with Crippen molar-refractivity contribution < 1.29 is 0 Å². The first-order valence-corrected chi connectivity index (χ1v) is 10.8. The Bertz CT molecular complexity index is 1530. The number of rotatable bonds is 5. The quantitative estimate of drug-likeness (QED) is 0.297. The molecule has 0 atom stereocenters. The summed E-state index contributed by atoms with van der Waals surface area (Å²) >= 11 is 0. The first-order chi connectivity index (χ1) is 16.2. The van der Waals surface area contributed by atoms with Crippen molar-refractivity contribution in [2.45, 2.75) is 13.8 Å². The number of allylic oxidation sites excluding steroid dienone is 5. The maximum absolute atomic E-state index is 6.11. The molecule has 3 heterocycles. The zero-order valence-electron chi connectivity index (χ0n) is 18.5. The standard InChI is InChI=1S/C27H24N6/c1-3-6-20(28)15-17(4-2)19-9-10-23-22(16-19)26(33-32-23)27-30-24-8-5-7-21(25(24)31-27)18-11-13-29-14-12-18/h3-16H,28H2,1-2H3,(H,30,31)(H,32,33)/b6-3+,17-4+,20-15+. The van der Waals surface area contributed by atoms with E-state index >= 15 is 0 Å². The Morgan fingerprint density at radius 1 is 1.00 bits per heavy atom. The Labute approximate surface area is 191 Å². The summed E-state index contributed by atoms with van der Waals surface area (Å²) in [5.41, 5.74) is 14.7. The van der Waals surface area contributed by atoms with Gasteiger partial charge in [-0.1, -0.05) is 30.4 Å². The molecular weight excluding hydrogens is 408 g/mol. The highest BCUT2D eigenvalue weighted by atomic mass is 15.1. The molecule has 0 amide bonds. The Kier molecular flexibility index (Phi) is 5.32. The number of fused-ring (bicyclic) bond motifs is 2. The number of nitrogens with one attached hydrogen (secondary N) is 2. The number of nitrogens with two attached hydrogens (primary N) is 1. The highest BCUT2D eigenvalue weighted by Crippen LogP contribution is 2.32. The number of pyridine rings is 1. The maximum Gasteiger partial charge on any atom is 0.159 e. The molecule has 0 aliphatic heterocycles. The van der Waals surface area contributed by atoms with Gasteiger partial charge >= 0.3 is 0 Å². The molecule has 6 heteroatoms. The number of nitrogens with zero attached hydrogens (tertiary/aromatic N) is 3. The maximum atomic E-state index is 6.11. The van der Waals surface area contributed by atoms with Crippen molar-refractivity contribution in [2.24, 2.45) is 5.73 Å². The van der Waals surface area contributed by atoms with Gasteiger partial charge in [0.15, 0.2) is 5.82 Å². The fraction of sp³-hybridized carbons (Fsp3) is 0.0741. The van der Waals surface area contributed by atoms with Gasteiger partial charge in [-0.05, 0) is 73.0 Å². The van der Waals surface area contributed by atoms with Crippen LogP contribution in [0.3, 0.4) is 0 Å². The van der Waals surface area contributed by atoms with Crippen LogP contribution in [0.1, 0.15) is 19.4 Å². The lowest BCUT2D eigenvalue weighted by atomic mass is 10.0. The molecule has 0 saturated heterocycles. The summed E-state index contributed by atoms with van der Waals surface area (Å²) in [6, 6.07) is 16.3. The molecule has 162 valence electrons. The van der Waals surface area contributed by atoms with E-state index in [1.54, 1.807) is 12.4 Å². The number of aromatic nitrogens is 5. The van der Waals surface area contributed by atoms with Gasteiger partial charge in [0.25, 0.3) is 0 Å². The summed E-state index contributed by atoms with van der Waals surface area (Å²) in [4.78, 5) is 12.5. The van der Waals surface area contributed by atoms with Crippen LogP contribution in [0.25, 0.3) is 50.2 Å². The number of aromatic amines is 2. The van der Waals surface area contributed by atoms with E-state index in [1.165, 1.54) is 0 Å². The van der Waals surface area contributed by atoms with Gasteiger partial charge in [-0.15, -0.1) is 0 Å². The molecule has 4 N–H and O–H groups in total. The zero-order chi connectivity index (χ0) is 22.8. The minimum atomic E-state index is 0.707. The molecule has 0 unspecified atom stereocenters. The van der Waals surface area contributed by atoms with Crippen LogP contribution in [0.5, 0.6) is 0 Å². The second-order valence-corrected chi connectivity index (χ2v) is 7.74. The van der Waals surface area contributed by atoms with E-state index in [9.17, 15) is 0 Å². The highest BCUT2D eigenvalue weighted by molar-refractivity contribution is 5.98. The molecule has 0 saturated carbocycles. The van der Waals surface area contributed by atoms with E-state index in [0.717, 1.165) is 55.7 Å².